The summed E-state index contributed by atoms with van der Waals surface area (Å²) in [6.45, 7) is 5.70. The molecular weight excluding hydrogens is 251 g/mol. The Kier molecular flexibility index (Phi) is 5.67. The fourth-order valence-corrected chi connectivity index (χ4v) is 1.71. The van der Waals surface area contributed by atoms with Crippen molar-refractivity contribution in [3.63, 3.8) is 0 Å². The van der Waals surface area contributed by atoms with E-state index in [4.69, 9.17) is 11.6 Å². The molecule has 0 aromatic carbocycles. The summed E-state index contributed by atoms with van der Waals surface area (Å²) in [4.78, 5) is 11.5. The number of hydrogen-bond donors (Lipinski definition) is 0. The maximum Gasteiger partial charge on any atom is 0.167 e. The second-order valence-electron chi connectivity index (χ2n) is 3.43. The minimum Gasteiger partial charge on any atom is -0.296 e. The summed E-state index contributed by atoms with van der Waals surface area (Å²) >= 11 is 8.70. The van der Waals surface area contributed by atoms with Crippen molar-refractivity contribution in [1.29, 1.82) is 0 Å². The van der Waals surface area contributed by atoms with Crippen molar-refractivity contribution in [2.24, 2.45) is 5.41 Å². The van der Waals surface area contributed by atoms with Crippen LogP contribution in [0.3, 0.4) is 0 Å². The van der Waals surface area contributed by atoms with Crippen LogP contribution in [0.1, 0.15) is 33.6 Å². The number of carbonyl (C=O) groups excluding carboxylic acids is 1. The summed E-state index contributed by atoms with van der Waals surface area (Å²) in [7, 11) is 0. The van der Waals surface area contributed by atoms with Crippen molar-refractivity contribution < 1.29 is 4.79 Å². The molecular formula is C10H14BrClO. The molecule has 13 heavy (non-hydrogen) atoms. The van der Waals surface area contributed by atoms with Gasteiger partial charge < -0.3 is 0 Å². The Morgan fingerprint density at radius 3 is 2.46 bits per heavy atom. The van der Waals surface area contributed by atoms with E-state index in [1.165, 1.54) is 0 Å². The number of rotatable bonds is 3. The predicted octanol–water partition coefficient (Wildman–Crippen LogP) is 3.35. The number of Topliss-reactive ketones (excluding diaryl/α,β-unsaturated/α-hetero) is 1. The van der Waals surface area contributed by atoms with E-state index in [0.29, 0.717) is 6.42 Å². The van der Waals surface area contributed by atoms with E-state index < -0.39 is 9.70 Å². The summed E-state index contributed by atoms with van der Waals surface area (Å²) in [5.74, 6) is 5.88. The molecule has 0 aromatic rings. The molecule has 1 unspecified atom stereocenters. The Hall–Kier alpha value is -0.0000000000000000555. The minimum absolute atomic E-state index is 0.0143. The van der Waals surface area contributed by atoms with Crippen LogP contribution in [0.4, 0.5) is 0 Å². The van der Waals surface area contributed by atoms with Gasteiger partial charge in [-0.3, -0.25) is 4.79 Å². The van der Waals surface area contributed by atoms with Gasteiger partial charge in [-0.25, -0.2) is 0 Å². The van der Waals surface area contributed by atoms with Crippen LogP contribution >= 0.6 is 27.5 Å². The van der Waals surface area contributed by atoms with Crippen molar-refractivity contribution in [3.05, 3.63) is 0 Å². The van der Waals surface area contributed by atoms with Gasteiger partial charge in [0.2, 0.25) is 0 Å². The molecule has 0 spiro atoms. The van der Waals surface area contributed by atoms with E-state index in [-0.39, 0.29) is 5.78 Å². The summed E-state index contributed by atoms with van der Waals surface area (Å²) < 4.78 is -0.606. The molecule has 0 fully saturated rings. The van der Waals surface area contributed by atoms with Crippen molar-refractivity contribution in [1.82, 2.24) is 0 Å². The van der Waals surface area contributed by atoms with Gasteiger partial charge in [-0.05, 0) is 0 Å². The number of alkyl halides is 2. The first-order valence-electron chi connectivity index (χ1n) is 4.20. The third kappa shape index (κ3) is 4.69. The van der Waals surface area contributed by atoms with E-state index in [9.17, 15) is 4.79 Å². The summed E-state index contributed by atoms with van der Waals surface area (Å²) in [5.41, 5.74) is -0.460. The molecule has 0 aromatic heterocycles. The summed E-state index contributed by atoms with van der Waals surface area (Å²) in [5, 5.41) is 0. The molecule has 0 saturated heterocycles. The molecule has 0 aliphatic rings. The molecule has 3 heteroatoms. The van der Waals surface area contributed by atoms with Gasteiger partial charge in [0.05, 0.1) is 0 Å². The highest BCUT2D eigenvalue weighted by atomic mass is 79.9. The molecule has 74 valence electrons. The van der Waals surface area contributed by atoms with Crippen LogP contribution in [0.25, 0.3) is 0 Å². The minimum atomic E-state index is -0.606. The molecule has 1 nitrogen and oxygen atoms in total. The standard InChI is InChI=1S/C10H14BrClO/c1-4-5-6-7-10(2,3)8(13)9(11)12/h9H,4,7H2,1-3H3. The Morgan fingerprint density at radius 2 is 2.08 bits per heavy atom. The average molecular weight is 266 g/mol. The van der Waals surface area contributed by atoms with Crippen molar-refractivity contribution >= 4 is 33.3 Å². The second-order valence-corrected chi connectivity index (χ2v) is 5.31. The molecule has 0 aliphatic heterocycles. The SMILES string of the molecule is CCC#CCC(C)(C)C(=O)C(Cl)Br. The van der Waals surface area contributed by atoms with Gasteiger partial charge >= 0.3 is 0 Å². The van der Waals surface area contributed by atoms with Crippen LogP contribution in [0, 0.1) is 17.3 Å². The van der Waals surface area contributed by atoms with Gasteiger partial charge in [-0.2, -0.15) is 0 Å². The first kappa shape index (κ1) is 13.0. The zero-order valence-corrected chi connectivity index (χ0v) is 10.5. The van der Waals surface area contributed by atoms with Gasteiger partial charge in [0.15, 0.2) is 5.78 Å². The lowest BCUT2D eigenvalue weighted by Crippen LogP contribution is -2.28. The normalized spacial score (nSPS) is 13.0. The van der Waals surface area contributed by atoms with E-state index in [2.05, 4.69) is 27.8 Å². The maximum atomic E-state index is 11.5. The summed E-state index contributed by atoms with van der Waals surface area (Å²) in [6.07, 6.45) is 1.39. The monoisotopic (exact) mass is 264 g/mol. The van der Waals surface area contributed by atoms with Crippen molar-refractivity contribution in [2.75, 3.05) is 0 Å². The van der Waals surface area contributed by atoms with E-state index in [1.54, 1.807) is 0 Å². The van der Waals surface area contributed by atoms with E-state index in [1.807, 2.05) is 20.8 Å². The van der Waals surface area contributed by atoms with Gasteiger partial charge in [0, 0.05) is 18.3 Å². The average Bonchev–Trinajstić information content (AvgIpc) is 2.03. The molecule has 0 amide bonds. The molecule has 0 N–H and O–H groups in total. The highest BCUT2D eigenvalue weighted by Gasteiger charge is 2.30. The predicted molar refractivity (Wildman–Crippen MR) is 60.0 cm³/mol. The third-order valence-corrected chi connectivity index (χ3v) is 2.31. The fraction of sp³-hybridized carbons (Fsp3) is 0.700. The first-order valence-corrected chi connectivity index (χ1v) is 5.55. The number of ketones is 1. The largest absolute Gasteiger partial charge is 0.296 e. The van der Waals surface area contributed by atoms with Gasteiger partial charge in [-0.1, -0.05) is 36.7 Å². The lowest BCUT2D eigenvalue weighted by molar-refractivity contribution is -0.124. The molecule has 0 aliphatic carbocycles. The molecule has 0 rings (SSSR count). The fourth-order valence-electron chi connectivity index (χ4n) is 0.791. The third-order valence-electron chi connectivity index (χ3n) is 1.70. The second kappa shape index (κ2) is 5.67. The van der Waals surface area contributed by atoms with Gasteiger partial charge in [0.25, 0.3) is 0 Å². The molecule has 0 radical (unpaired) electrons. The van der Waals surface area contributed by atoms with Crippen LogP contribution in [0.2, 0.25) is 0 Å². The molecule has 0 bridgehead atoms. The Balaban J connectivity index is 4.30. The van der Waals surface area contributed by atoms with Crippen LogP contribution in [-0.2, 0) is 4.79 Å². The van der Waals surface area contributed by atoms with E-state index in [0.717, 1.165) is 6.42 Å². The molecule has 1 atom stereocenters. The highest BCUT2D eigenvalue weighted by Crippen LogP contribution is 2.26. The lowest BCUT2D eigenvalue weighted by atomic mass is 9.85. The first-order chi connectivity index (χ1) is 5.91. The topological polar surface area (TPSA) is 17.1 Å². The number of carbonyl (C=O) groups is 1. The zero-order chi connectivity index (χ0) is 10.5. The van der Waals surface area contributed by atoms with Gasteiger partial charge in [0.1, 0.15) is 4.29 Å². The Labute approximate surface area is 93.4 Å². The van der Waals surface area contributed by atoms with E-state index >= 15 is 0 Å². The summed E-state index contributed by atoms with van der Waals surface area (Å²) in [6, 6.07) is 0. The Morgan fingerprint density at radius 1 is 1.54 bits per heavy atom. The molecule has 0 saturated carbocycles. The zero-order valence-electron chi connectivity index (χ0n) is 8.16. The van der Waals surface area contributed by atoms with Crippen molar-refractivity contribution in [2.45, 2.75) is 37.9 Å². The number of halogens is 2. The van der Waals surface area contributed by atoms with Crippen LogP contribution < -0.4 is 0 Å². The highest BCUT2D eigenvalue weighted by molar-refractivity contribution is 9.10. The van der Waals surface area contributed by atoms with Crippen LogP contribution in [0.15, 0.2) is 0 Å². The number of hydrogen-bond acceptors (Lipinski definition) is 1. The Bertz CT molecular complexity index is 235. The van der Waals surface area contributed by atoms with Crippen LogP contribution in [0.5, 0.6) is 0 Å². The van der Waals surface area contributed by atoms with Crippen LogP contribution in [-0.4, -0.2) is 10.1 Å². The lowest BCUT2D eigenvalue weighted by Gasteiger charge is -2.20. The van der Waals surface area contributed by atoms with Gasteiger partial charge in [-0.15, -0.1) is 23.4 Å². The molecule has 0 heterocycles. The maximum absolute atomic E-state index is 11.5. The quantitative estimate of drug-likeness (QED) is 0.565. The smallest absolute Gasteiger partial charge is 0.167 e. The van der Waals surface area contributed by atoms with Crippen molar-refractivity contribution in [3.8, 4) is 11.8 Å².